The van der Waals surface area contributed by atoms with Crippen LogP contribution in [0, 0.1) is 0 Å². The fraction of sp³-hybridized carbons (Fsp3) is 0.714. The van der Waals surface area contributed by atoms with Crippen molar-refractivity contribution in [2.75, 3.05) is 18.9 Å². The highest BCUT2D eigenvalue weighted by atomic mass is 32.2. The first-order valence-corrected chi connectivity index (χ1v) is 9.21. The van der Waals surface area contributed by atoms with Crippen LogP contribution < -0.4 is 0 Å². The molecule has 0 aliphatic carbocycles. The molecule has 1 aromatic rings. The van der Waals surface area contributed by atoms with Crippen LogP contribution in [-0.4, -0.2) is 47.4 Å². The number of carbonyl (C=O) groups excluding carboxylic acids is 1. The SMILES string of the molecule is CCCCS(=O)(=O)N1CCc2c(c(C(=O)OCC)nn2C)C1. The van der Waals surface area contributed by atoms with Crippen LogP contribution in [-0.2, 0) is 34.8 Å². The Morgan fingerprint density at radius 3 is 2.73 bits per heavy atom. The van der Waals surface area contributed by atoms with Crippen LogP contribution in [0.4, 0.5) is 0 Å². The van der Waals surface area contributed by atoms with Gasteiger partial charge in [-0.1, -0.05) is 13.3 Å². The third-order valence-electron chi connectivity index (χ3n) is 3.83. The van der Waals surface area contributed by atoms with E-state index in [1.54, 1.807) is 18.7 Å². The maximum Gasteiger partial charge on any atom is 0.359 e. The van der Waals surface area contributed by atoms with Crippen molar-refractivity contribution in [1.82, 2.24) is 14.1 Å². The molecule has 1 aliphatic rings. The second-order valence-corrected chi connectivity index (χ2v) is 7.46. The summed E-state index contributed by atoms with van der Waals surface area (Å²) < 4.78 is 32.8. The topological polar surface area (TPSA) is 81.5 Å². The second kappa shape index (κ2) is 6.78. The van der Waals surface area contributed by atoms with Crippen LogP contribution in [0.25, 0.3) is 0 Å². The molecule has 0 saturated carbocycles. The number of esters is 1. The Morgan fingerprint density at radius 1 is 1.36 bits per heavy atom. The summed E-state index contributed by atoms with van der Waals surface area (Å²) >= 11 is 0. The minimum absolute atomic E-state index is 0.147. The maximum absolute atomic E-state index is 12.4. The summed E-state index contributed by atoms with van der Waals surface area (Å²) in [5, 5.41) is 4.21. The number of aryl methyl sites for hydroxylation is 1. The molecule has 0 N–H and O–H groups in total. The van der Waals surface area contributed by atoms with E-state index in [2.05, 4.69) is 5.10 Å². The predicted molar refractivity (Wildman–Crippen MR) is 82.0 cm³/mol. The molecule has 2 rings (SSSR count). The average molecular weight is 329 g/mol. The number of carbonyl (C=O) groups is 1. The Kier molecular flexibility index (Phi) is 5.23. The Balaban J connectivity index is 2.27. The molecule has 0 atom stereocenters. The Morgan fingerprint density at radius 2 is 2.09 bits per heavy atom. The Bertz CT molecular complexity index is 651. The molecule has 0 amide bonds. The van der Waals surface area contributed by atoms with Crippen LogP contribution in [0.1, 0.15) is 48.4 Å². The van der Waals surface area contributed by atoms with E-state index in [1.807, 2.05) is 6.92 Å². The third-order valence-corrected chi connectivity index (χ3v) is 5.73. The van der Waals surface area contributed by atoms with Gasteiger partial charge in [-0.25, -0.2) is 13.2 Å². The van der Waals surface area contributed by atoms with Gasteiger partial charge in [-0.15, -0.1) is 0 Å². The quantitative estimate of drug-likeness (QED) is 0.730. The lowest BCUT2D eigenvalue weighted by molar-refractivity contribution is 0.0516. The molecule has 124 valence electrons. The maximum atomic E-state index is 12.4. The van der Waals surface area contributed by atoms with Crippen LogP contribution in [0.2, 0.25) is 0 Å². The van der Waals surface area contributed by atoms with Gasteiger partial charge in [0.05, 0.1) is 12.4 Å². The number of aromatic nitrogens is 2. The van der Waals surface area contributed by atoms with Crippen LogP contribution in [0.15, 0.2) is 0 Å². The number of ether oxygens (including phenoxy) is 1. The number of sulfonamides is 1. The van der Waals surface area contributed by atoms with Crippen LogP contribution in [0.3, 0.4) is 0 Å². The summed E-state index contributed by atoms with van der Waals surface area (Å²) in [7, 11) is -1.52. The van der Waals surface area contributed by atoms with Gasteiger partial charge in [-0.05, 0) is 13.3 Å². The van der Waals surface area contributed by atoms with Crippen molar-refractivity contribution in [2.24, 2.45) is 7.05 Å². The lowest BCUT2D eigenvalue weighted by atomic mass is 10.1. The van der Waals surface area contributed by atoms with E-state index < -0.39 is 16.0 Å². The van der Waals surface area contributed by atoms with Gasteiger partial charge in [-0.2, -0.15) is 9.40 Å². The van der Waals surface area contributed by atoms with E-state index in [1.165, 1.54) is 4.31 Å². The zero-order valence-corrected chi connectivity index (χ0v) is 14.1. The highest BCUT2D eigenvalue weighted by Crippen LogP contribution is 2.25. The summed E-state index contributed by atoms with van der Waals surface area (Å²) in [6.45, 7) is 4.59. The lowest BCUT2D eigenvalue weighted by Crippen LogP contribution is -2.38. The molecule has 0 aromatic carbocycles. The summed E-state index contributed by atoms with van der Waals surface area (Å²) in [5.74, 6) is -0.347. The molecule has 0 bridgehead atoms. The number of hydrogen-bond donors (Lipinski definition) is 0. The molecule has 1 aliphatic heterocycles. The predicted octanol–water partition coefficient (Wildman–Crippen LogP) is 1.08. The summed E-state index contributed by atoms with van der Waals surface area (Å²) in [6, 6.07) is 0. The number of rotatable bonds is 6. The Hall–Kier alpha value is -1.41. The van der Waals surface area contributed by atoms with E-state index >= 15 is 0 Å². The average Bonchev–Trinajstić information content (AvgIpc) is 2.82. The molecule has 2 heterocycles. The molecule has 22 heavy (non-hydrogen) atoms. The van der Waals surface area contributed by atoms with Gasteiger partial charge in [-0.3, -0.25) is 4.68 Å². The summed E-state index contributed by atoms with van der Waals surface area (Å²) in [6.07, 6.45) is 2.03. The van der Waals surface area contributed by atoms with E-state index in [4.69, 9.17) is 4.74 Å². The first-order valence-electron chi connectivity index (χ1n) is 7.60. The van der Waals surface area contributed by atoms with Gasteiger partial charge < -0.3 is 4.74 Å². The molecule has 0 unspecified atom stereocenters. The molecule has 0 saturated heterocycles. The minimum Gasteiger partial charge on any atom is -0.461 e. The van der Waals surface area contributed by atoms with Crippen molar-refractivity contribution < 1.29 is 17.9 Å². The van der Waals surface area contributed by atoms with Crippen molar-refractivity contribution in [3.8, 4) is 0 Å². The smallest absolute Gasteiger partial charge is 0.359 e. The van der Waals surface area contributed by atoms with Gasteiger partial charge in [0.15, 0.2) is 5.69 Å². The first-order chi connectivity index (χ1) is 10.4. The van der Waals surface area contributed by atoms with Gasteiger partial charge in [0.1, 0.15) is 0 Å². The minimum atomic E-state index is -3.29. The van der Waals surface area contributed by atoms with E-state index in [9.17, 15) is 13.2 Å². The molecular formula is C14H23N3O4S. The van der Waals surface area contributed by atoms with Crippen molar-refractivity contribution in [3.63, 3.8) is 0 Å². The number of nitrogens with zero attached hydrogens (tertiary/aromatic N) is 3. The van der Waals surface area contributed by atoms with Gasteiger partial charge in [0.25, 0.3) is 0 Å². The van der Waals surface area contributed by atoms with Crippen LogP contribution in [0.5, 0.6) is 0 Å². The molecule has 0 spiro atoms. The Labute approximate surface area is 131 Å². The molecule has 1 aromatic heterocycles. The van der Waals surface area contributed by atoms with Gasteiger partial charge in [0.2, 0.25) is 10.0 Å². The first kappa shape index (κ1) is 17.0. The van der Waals surface area contributed by atoms with E-state index in [0.29, 0.717) is 24.9 Å². The number of hydrogen-bond acceptors (Lipinski definition) is 5. The highest BCUT2D eigenvalue weighted by Gasteiger charge is 2.32. The third kappa shape index (κ3) is 3.33. The molecule has 8 heteroatoms. The van der Waals surface area contributed by atoms with Crippen molar-refractivity contribution in [2.45, 2.75) is 39.7 Å². The fourth-order valence-corrected chi connectivity index (χ4v) is 4.23. The molecule has 0 radical (unpaired) electrons. The normalized spacial score (nSPS) is 15.6. The van der Waals surface area contributed by atoms with Gasteiger partial charge >= 0.3 is 5.97 Å². The highest BCUT2D eigenvalue weighted by molar-refractivity contribution is 7.89. The van der Waals surface area contributed by atoms with Gasteiger partial charge in [0, 0.05) is 37.8 Å². The number of fused-ring (bicyclic) bond motifs is 1. The molecule has 7 nitrogen and oxygen atoms in total. The number of unbranched alkanes of at least 4 members (excludes halogenated alkanes) is 1. The van der Waals surface area contributed by atoms with E-state index in [-0.39, 0.29) is 24.6 Å². The zero-order chi connectivity index (χ0) is 16.3. The van der Waals surface area contributed by atoms with Crippen molar-refractivity contribution in [1.29, 1.82) is 0 Å². The molecule has 0 fully saturated rings. The monoisotopic (exact) mass is 329 g/mol. The standard InChI is InChI=1S/C14H23N3O4S/c1-4-6-9-22(19,20)17-8-7-12-11(10-17)13(15-16(12)3)14(18)21-5-2/h4-10H2,1-3H3. The summed E-state index contributed by atoms with van der Waals surface area (Å²) in [4.78, 5) is 12.0. The zero-order valence-electron chi connectivity index (χ0n) is 13.3. The van der Waals surface area contributed by atoms with Crippen molar-refractivity contribution >= 4 is 16.0 Å². The lowest BCUT2D eigenvalue weighted by Gasteiger charge is -2.26. The largest absolute Gasteiger partial charge is 0.461 e. The summed E-state index contributed by atoms with van der Waals surface area (Å²) in [5.41, 5.74) is 1.81. The van der Waals surface area contributed by atoms with Crippen LogP contribution >= 0.6 is 0 Å². The fourth-order valence-electron chi connectivity index (χ4n) is 2.62. The van der Waals surface area contributed by atoms with Crippen molar-refractivity contribution in [3.05, 3.63) is 17.0 Å². The second-order valence-electron chi connectivity index (χ2n) is 5.37. The van der Waals surface area contributed by atoms with E-state index in [0.717, 1.165) is 12.1 Å². The molecular weight excluding hydrogens is 306 g/mol.